The second kappa shape index (κ2) is 5.05. The van der Waals surface area contributed by atoms with Crippen LogP contribution >= 0.6 is 11.8 Å². The summed E-state index contributed by atoms with van der Waals surface area (Å²) in [4.78, 5) is 18.4. The Labute approximate surface area is 103 Å². The summed E-state index contributed by atoms with van der Waals surface area (Å²) in [5.74, 6) is 0. The number of benzene rings is 1. The van der Waals surface area contributed by atoms with Gasteiger partial charge in [0, 0.05) is 16.5 Å². The molecule has 0 aliphatic rings. The molecule has 4 nitrogen and oxygen atoms in total. The Morgan fingerprint density at radius 1 is 1.24 bits per heavy atom. The molecule has 0 saturated carbocycles. The normalized spacial score (nSPS) is 10.2. The Morgan fingerprint density at radius 2 is 1.94 bits per heavy atom. The fourth-order valence-electron chi connectivity index (χ4n) is 1.48. The lowest BCUT2D eigenvalue weighted by Crippen LogP contribution is -2.26. The second-order valence-electron chi connectivity index (χ2n) is 3.37. The summed E-state index contributed by atoms with van der Waals surface area (Å²) in [5.41, 5.74) is 1.48. The van der Waals surface area contributed by atoms with Crippen LogP contribution in [0.4, 0.5) is 0 Å². The Morgan fingerprint density at radius 3 is 2.47 bits per heavy atom. The molecule has 1 aromatic heterocycles. The number of hydrogen-bond acceptors (Lipinski definition) is 4. The van der Waals surface area contributed by atoms with Gasteiger partial charge in [-0.3, -0.25) is 4.79 Å². The van der Waals surface area contributed by atoms with Crippen LogP contribution in [-0.2, 0) is 0 Å². The van der Waals surface area contributed by atoms with Crippen molar-refractivity contribution >= 4 is 11.8 Å². The number of rotatable bonds is 3. The summed E-state index contributed by atoms with van der Waals surface area (Å²) in [6, 6.07) is 9.48. The molecular formula is C12H12N2O2S. The highest BCUT2D eigenvalue weighted by Gasteiger charge is 2.02. The van der Waals surface area contributed by atoms with Gasteiger partial charge in [0.15, 0.2) is 0 Å². The maximum atomic E-state index is 11.5. The van der Waals surface area contributed by atoms with Gasteiger partial charge in [-0.1, -0.05) is 17.0 Å². The predicted octanol–water partition coefficient (Wildman–Crippen LogP) is 1.69. The molecule has 0 saturated heterocycles. The van der Waals surface area contributed by atoms with Crippen molar-refractivity contribution < 1.29 is 4.84 Å². The van der Waals surface area contributed by atoms with E-state index in [0.717, 1.165) is 16.0 Å². The van der Waals surface area contributed by atoms with Crippen molar-refractivity contribution in [1.82, 2.24) is 9.94 Å². The molecular weight excluding hydrogens is 236 g/mol. The maximum Gasteiger partial charge on any atom is 0.303 e. The molecule has 5 heteroatoms. The first-order valence-corrected chi connectivity index (χ1v) is 6.25. The molecule has 0 atom stereocenters. The van der Waals surface area contributed by atoms with Crippen LogP contribution in [0.3, 0.4) is 0 Å². The molecule has 0 aliphatic carbocycles. The summed E-state index contributed by atoms with van der Waals surface area (Å²) < 4.78 is 0. The molecule has 0 spiro atoms. The molecule has 0 amide bonds. The average molecular weight is 248 g/mol. The van der Waals surface area contributed by atoms with Crippen molar-refractivity contribution in [3.05, 3.63) is 46.9 Å². The molecule has 0 radical (unpaired) electrons. The van der Waals surface area contributed by atoms with Gasteiger partial charge in [0.05, 0.1) is 6.20 Å². The maximum absolute atomic E-state index is 11.5. The third-order valence-corrected chi connectivity index (χ3v) is 3.11. The molecule has 1 aromatic carbocycles. The van der Waals surface area contributed by atoms with E-state index in [-0.39, 0.29) is 5.56 Å². The Hall–Kier alpha value is -1.75. The van der Waals surface area contributed by atoms with E-state index in [1.807, 2.05) is 30.5 Å². The van der Waals surface area contributed by atoms with Crippen molar-refractivity contribution in [1.29, 1.82) is 0 Å². The lowest BCUT2D eigenvalue weighted by atomic mass is 10.1. The van der Waals surface area contributed by atoms with Gasteiger partial charge in [-0.05, 0) is 24.0 Å². The summed E-state index contributed by atoms with van der Waals surface area (Å²) in [5, 5.41) is 3.89. The molecule has 2 rings (SSSR count). The quantitative estimate of drug-likeness (QED) is 0.775. The van der Waals surface area contributed by atoms with E-state index in [4.69, 9.17) is 4.84 Å². The minimum atomic E-state index is -0.279. The van der Waals surface area contributed by atoms with Crippen LogP contribution in [0.2, 0.25) is 0 Å². The molecule has 0 bridgehead atoms. The van der Waals surface area contributed by atoms with Crippen molar-refractivity contribution in [3.8, 4) is 11.1 Å². The Balaban J connectivity index is 2.39. The van der Waals surface area contributed by atoms with Crippen molar-refractivity contribution in [2.45, 2.75) is 4.90 Å². The number of thioether (sulfide) groups is 1. The van der Waals surface area contributed by atoms with E-state index in [0.29, 0.717) is 0 Å². The van der Waals surface area contributed by atoms with E-state index < -0.39 is 0 Å². The van der Waals surface area contributed by atoms with E-state index in [1.54, 1.807) is 18.0 Å². The first-order valence-electron chi connectivity index (χ1n) is 5.03. The SMILES string of the molecule is COn1ncc(-c2ccc(SC)cc2)cc1=O. The van der Waals surface area contributed by atoms with Crippen LogP contribution in [0.25, 0.3) is 11.1 Å². The fraction of sp³-hybridized carbons (Fsp3) is 0.167. The lowest BCUT2D eigenvalue weighted by molar-refractivity contribution is 0.121. The van der Waals surface area contributed by atoms with E-state index in [9.17, 15) is 4.79 Å². The number of hydrogen-bond donors (Lipinski definition) is 0. The number of aromatic nitrogens is 2. The summed E-state index contributed by atoms with van der Waals surface area (Å²) >= 11 is 1.68. The van der Waals surface area contributed by atoms with Gasteiger partial charge < -0.3 is 4.84 Å². The number of nitrogens with zero attached hydrogens (tertiary/aromatic N) is 2. The second-order valence-corrected chi connectivity index (χ2v) is 4.25. The molecule has 88 valence electrons. The van der Waals surface area contributed by atoms with Gasteiger partial charge in [0.25, 0.3) is 0 Å². The van der Waals surface area contributed by atoms with E-state index in [1.165, 1.54) is 18.1 Å². The molecule has 17 heavy (non-hydrogen) atoms. The van der Waals surface area contributed by atoms with Gasteiger partial charge in [-0.15, -0.1) is 16.9 Å². The van der Waals surface area contributed by atoms with Gasteiger partial charge in [-0.25, -0.2) is 0 Å². The van der Waals surface area contributed by atoms with Gasteiger partial charge in [0.1, 0.15) is 7.11 Å². The summed E-state index contributed by atoms with van der Waals surface area (Å²) in [6.07, 6.45) is 3.63. The van der Waals surface area contributed by atoms with E-state index >= 15 is 0 Å². The molecule has 2 aromatic rings. The van der Waals surface area contributed by atoms with Crippen LogP contribution in [0.1, 0.15) is 0 Å². The lowest BCUT2D eigenvalue weighted by Gasteiger charge is -2.04. The highest BCUT2D eigenvalue weighted by Crippen LogP contribution is 2.21. The Bertz CT molecular complexity index is 563. The van der Waals surface area contributed by atoms with Crippen LogP contribution < -0.4 is 10.4 Å². The molecule has 0 fully saturated rings. The topological polar surface area (TPSA) is 44.1 Å². The third-order valence-electron chi connectivity index (χ3n) is 2.37. The zero-order valence-corrected chi connectivity index (χ0v) is 10.4. The third kappa shape index (κ3) is 2.50. The first kappa shape index (κ1) is 11.7. The molecule has 0 unspecified atom stereocenters. The minimum absolute atomic E-state index is 0.279. The molecule has 0 N–H and O–H groups in total. The smallest absolute Gasteiger partial charge is 0.303 e. The first-order chi connectivity index (χ1) is 8.24. The summed E-state index contributed by atoms with van der Waals surface area (Å²) in [6.45, 7) is 0. The Kier molecular flexibility index (Phi) is 3.49. The zero-order chi connectivity index (χ0) is 12.3. The van der Waals surface area contributed by atoms with Crippen molar-refractivity contribution in [2.24, 2.45) is 0 Å². The fourth-order valence-corrected chi connectivity index (χ4v) is 1.88. The van der Waals surface area contributed by atoms with Crippen LogP contribution in [0, 0.1) is 0 Å². The summed E-state index contributed by atoms with van der Waals surface area (Å²) in [7, 11) is 1.40. The zero-order valence-electron chi connectivity index (χ0n) is 9.58. The minimum Gasteiger partial charge on any atom is -0.397 e. The van der Waals surface area contributed by atoms with Crippen molar-refractivity contribution in [3.63, 3.8) is 0 Å². The van der Waals surface area contributed by atoms with Crippen molar-refractivity contribution in [2.75, 3.05) is 13.4 Å². The van der Waals surface area contributed by atoms with Crippen LogP contribution in [-0.4, -0.2) is 23.3 Å². The average Bonchev–Trinajstić information content (AvgIpc) is 2.39. The predicted molar refractivity (Wildman–Crippen MR) is 68.2 cm³/mol. The van der Waals surface area contributed by atoms with Crippen LogP contribution in [0.15, 0.2) is 46.2 Å². The van der Waals surface area contributed by atoms with E-state index in [2.05, 4.69) is 5.10 Å². The molecule has 0 aliphatic heterocycles. The van der Waals surface area contributed by atoms with Crippen LogP contribution in [0.5, 0.6) is 0 Å². The van der Waals surface area contributed by atoms with Gasteiger partial charge >= 0.3 is 5.56 Å². The largest absolute Gasteiger partial charge is 0.397 e. The monoisotopic (exact) mass is 248 g/mol. The molecule has 1 heterocycles. The highest BCUT2D eigenvalue weighted by atomic mass is 32.2. The van der Waals surface area contributed by atoms with Gasteiger partial charge in [-0.2, -0.15) is 0 Å². The highest BCUT2D eigenvalue weighted by molar-refractivity contribution is 7.98. The standard InChI is InChI=1S/C12H12N2O2S/c1-16-14-12(15)7-10(8-13-14)9-3-5-11(17-2)6-4-9/h3-8H,1-2H3. The van der Waals surface area contributed by atoms with Gasteiger partial charge in [0.2, 0.25) is 0 Å².